The van der Waals surface area contributed by atoms with E-state index in [2.05, 4.69) is 10.2 Å². The molecule has 0 saturated carbocycles. The molecule has 0 radical (unpaired) electrons. The molecule has 27 heavy (non-hydrogen) atoms. The molecule has 0 unspecified atom stereocenters. The van der Waals surface area contributed by atoms with Gasteiger partial charge in [0.2, 0.25) is 0 Å². The molecule has 4 N–H and O–H groups in total. The van der Waals surface area contributed by atoms with E-state index in [-0.39, 0.29) is 5.69 Å². The smallest absolute Gasteiger partial charge is 0.339 e. The summed E-state index contributed by atoms with van der Waals surface area (Å²) in [7, 11) is -2.24. The van der Waals surface area contributed by atoms with Crippen molar-refractivity contribution in [2.45, 2.75) is 11.8 Å². The number of aromatic carboxylic acids is 1. The van der Waals surface area contributed by atoms with Crippen LogP contribution < -0.4 is 15.2 Å². The highest BCUT2D eigenvalue weighted by Crippen LogP contribution is 2.35. The third-order valence-corrected chi connectivity index (χ3v) is 4.43. The van der Waals surface area contributed by atoms with E-state index in [1.54, 1.807) is 13.0 Å². The van der Waals surface area contributed by atoms with Crippen molar-refractivity contribution in [1.29, 1.82) is 0 Å². The molecular weight excluding hydrogens is 378 g/mol. The van der Waals surface area contributed by atoms with Gasteiger partial charge in [0, 0.05) is 6.07 Å². The van der Waals surface area contributed by atoms with Gasteiger partial charge in [-0.2, -0.15) is 18.6 Å². The number of carbonyl (C=O) groups is 1. The number of nitrogens with zero attached hydrogens (tertiary/aromatic N) is 2. The van der Waals surface area contributed by atoms with Crippen LogP contribution in [0, 0.1) is 6.92 Å². The molecule has 0 saturated heterocycles. The lowest BCUT2D eigenvalue weighted by Crippen LogP contribution is -2.07. The number of nitrogens with two attached hydrogens (primary N) is 1. The van der Waals surface area contributed by atoms with Crippen molar-refractivity contribution >= 4 is 33.1 Å². The molecule has 2 aromatic carbocycles. The Morgan fingerprint density at radius 1 is 1.11 bits per heavy atom. The first-order valence-corrected chi connectivity index (χ1v) is 8.81. The highest BCUT2D eigenvalue weighted by molar-refractivity contribution is 7.86. The first-order chi connectivity index (χ1) is 12.6. The minimum Gasteiger partial charge on any atom is -0.495 e. The van der Waals surface area contributed by atoms with Crippen molar-refractivity contribution in [1.82, 2.24) is 0 Å². The molecule has 2 aromatic rings. The summed E-state index contributed by atoms with van der Waals surface area (Å²) in [5.74, 6) is -1.59. The van der Waals surface area contributed by atoms with Crippen LogP contribution in [0.3, 0.4) is 0 Å². The van der Waals surface area contributed by atoms with Gasteiger partial charge in [-0.25, -0.2) is 4.79 Å². The molecule has 0 aliphatic carbocycles. The second kappa shape index (κ2) is 7.60. The van der Waals surface area contributed by atoms with E-state index in [9.17, 15) is 22.9 Å². The van der Waals surface area contributed by atoms with Crippen LogP contribution in [0.25, 0.3) is 0 Å². The van der Waals surface area contributed by atoms with Crippen molar-refractivity contribution in [2.24, 2.45) is 10.2 Å². The second-order valence-corrected chi connectivity index (χ2v) is 6.78. The zero-order chi connectivity index (χ0) is 20.4. The lowest BCUT2D eigenvalue weighted by molar-refractivity contribution is 0.0693. The summed E-state index contributed by atoms with van der Waals surface area (Å²) in [5.41, 5.74) is 6.63. The second-order valence-electron chi connectivity index (χ2n) is 5.39. The van der Waals surface area contributed by atoms with Gasteiger partial charge in [0.1, 0.15) is 16.2 Å². The fraction of sp³-hybridized carbons (Fsp3) is 0.188. The number of carboxylic acid groups (broad SMARTS) is 1. The van der Waals surface area contributed by atoms with E-state index in [0.29, 0.717) is 22.7 Å². The predicted molar refractivity (Wildman–Crippen MR) is 96.1 cm³/mol. The lowest BCUT2D eigenvalue weighted by Gasteiger charge is -2.10. The van der Waals surface area contributed by atoms with Crippen molar-refractivity contribution in [3.63, 3.8) is 0 Å². The summed E-state index contributed by atoms with van der Waals surface area (Å²) < 4.78 is 42.4. The molecule has 0 fully saturated rings. The monoisotopic (exact) mass is 395 g/mol. The Bertz CT molecular complexity index is 1030. The summed E-state index contributed by atoms with van der Waals surface area (Å²) in [4.78, 5) is 10.7. The van der Waals surface area contributed by atoms with Crippen LogP contribution in [0.15, 0.2) is 39.4 Å². The van der Waals surface area contributed by atoms with Gasteiger partial charge in [-0.05, 0) is 30.7 Å². The number of benzene rings is 2. The molecule has 0 amide bonds. The SMILES string of the molecule is COc1cc(N=Nc2cc(C(=O)O)c(OC)c(S(=O)(=O)O)c2)c(C)cc1N. The quantitative estimate of drug-likeness (QED) is 0.382. The highest BCUT2D eigenvalue weighted by Gasteiger charge is 2.24. The molecule has 2 rings (SSSR count). The van der Waals surface area contributed by atoms with Crippen molar-refractivity contribution in [3.8, 4) is 11.5 Å². The Morgan fingerprint density at radius 3 is 2.30 bits per heavy atom. The Morgan fingerprint density at radius 2 is 1.78 bits per heavy atom. The van der Waals surface area contributed by atoms with Gasteiger partial charge in [0.15, 0.2) is 5.75 Å². The molecular formula is C16H17N3O7S. The van der Waals surface area contributed by atoms with Crippen LogP contribution in [0.1, 0.15) is 15.9 Å². The molecule has 10 nitrogen and oxygen atoms in total. The number of azo groups is 1. The average Bonchev–Trinajstić information content (AvgIpc) is 2.59. The largest absolute Gasteiger partial charge is 0.495 e. The summed E-state index contributed by atoms with van der Waals surface area (Å²) >= 11 is 0. The standard InChI is InChI=1S/C16H17N3O7S/c1-8-4-11(17)13(25-2)7-12(8)19-18-9-5-10(16(20)21)15(26-3)14(6-9)27(22,23)24/h4-7H,17H2,1-3H3,(H,20,21)(H,22,23,24). The zero-order valence-electron chi connectivity index (χ0n) is 14.6. The van der Waals surface area contributed by atoms with Gasteiger partial charge in [0.25, 0.3) is 10.1 Å². The maximum absolute atomic E-state index is 11.6. The number of nitrogen functional groups attached to an aromatic ring is 1. The molecule has 0 bridgehead atoms. The molecule has 0 spiro atoms. The van der Waals surface area contributed by atoms with Crippen LogP contribution in [-0.4, -0.2) is 38.3 Å². The average molecular weight is 395 g/mol. The van der Waals surface area contributed by atoms with Gasteiger partial charge in [-0.1, -0.05) is 0 Å². The van der Waals surface area contributed by atoms with Gasteiger partial charge < -0.3 is 20.3 Å². The number of hydrogen-bond acceptors (Lipinski definition) is 8. The fourth-order valence-corrected chi connectivity index (χ4v) is 3.00. The summed E-state index contributed by atoms with van der Waals surface area (Å²) in [5, 5.41) is 17.1. The van der Waals surface area contributed by atoms with Crippen LogP contribution in [0.2, 0.25) is 0 Å². The number of aryl methyl sites for hydroxylation is 1. The molecule has 0 aliphatic heterocycles. The Labute approximate surface area is 155 Å². The Balaban J connectivity index is 2.62. The zero-order valence-corrected chi connectivity index (χ0v) is 15.4. The van der Waals surface area contributed by atoms with Crippen LogP contribution >= 0.6 is 0 Å². The molecule has 0 aliphatic rings. The van der Waals surface area contributed by atoms with E-state index in [4.69, 9.17) is 15.2 Å². The number of ether oxygens (including phenoxy) is 2. The maximum atomic E-state index is 11.6. The lowest BCUT2D eigenvalue weighted by atomic mass is 10.1. The van der Waals surface area contributed by atoms with Crippen LogP contribution in [0.4, 0.5) is 17.1 Å². The summed E-state index contributed by atoms with van der Waals surface area (Å²) in [6, 6.07) is 5.17. The minimum absolute atomic E-state index is 0.115. The first kappa shape index (κ1) is 20.1. The number of carboxylic acids is 1. The number of rotatable bonds is 6. The van der Waals surface area contributed by atoms with Crippen molar-refractivity contribution in [3.05, 3.63) is 35.4 Å². The molecule has 0 atom stereocenters. The molecule has 0 heterocycles. The number of hydrogen-bond donors (Lipinski definition) is 3. The van der Waals surface area contributed by atoms with Crippen molar-refractivity contribution < 1.29 is 32.3 Å². The third kappa shape index (κ3) is 4.33. The van der Waals surface area contributed by atoms with Gasteiger partial charge in [-0.3, -0.25) is 4.55 Å². The first-order valence-electron chi connectivity index (χ1n) is 7.37. The molecule has 11 heteroatoms. The van der Waals surface area contributed by atoms with Gasteiger partial charge in [0.05, 0.1) is 31.3 Å². The minimum atomic E-state index is -4.76. The van der Waals surface area contributed by atoms with Crippen LogP contribution in [-0.2, 0) is 10.1 Å². The van der Waals surface area contributed by atoms with Gasteiger partial charge >= 0.3 is 5.97 Å². The summed E-state index contributed by atoms with van der Waals surface area (Å²) in [6.45, 7) is 1.73. The van der Waals surface area contributed by atoms with E-state index in [0.717, 1.165) is 19.2 Å². The van der Waals surface area contributed by atoms with E-state index in [1.807, 2.05) is 0 Å². The highest BCUT2D eigenvalue weighted by atomic mass is 32.2. The number of methoxy groups -OCH3 is 2. The predicted octanol–water partition coefficient (Wildman–Crippen LogP) is 2.95. The Hall–Kier alpha value is -3.18. The van der Waals surface area contributed by atoms with Crippen LogP contribution in [0.5, 0.6) is 11.5 Å². The molecule has 0 aromatic heterocycles. The topological polar surface area (TPSA) is 161 Å². The summed E-state index contributed by atoms with van der Waals surface area (Å²) in [6.07, 6.45) is 0. The third-order valence-electron chi connectivity index (χ3n) is 3.57. The van der Waals surface area contributed by atoms with E-state index in [1.165, 1.54) is 13.2 Å². The fourth-order valence-electron chi connectivity index (χ4n) is 2.30. The normalized spacial score (nSPS) is 11.6. The maximum Gasteiger partial charge on any atom is 0.339 e. The Kier molecular flexibility index (Phi) is 5.66. The van der Waals surface area contributed by atoms with E-state index >= 15 is 0 Å². The van der Waals surface area contributed by atoms with E-state index < -0.39 is 32.3 Å². The van der Waals surface area contributed by atoms with Crippen molar-refractivity contribution in [2.75, 3.05) is 20.0 Å². The molecule has 144 valence electrons. The number of anilines is 1. The van der Waals surface area contributed by atoms with Gasteiger partial charge in [-0.15, -0.1) is 0 Å².